The maximum atomic E-state index is 12.6. The SMILES string of the molecule is O=C(Cl)c1ccc(C(F)(F)F)c(SCC(F)(F)F)c1. The summed E-state index contributed by atoms with van der Waals surface area (Å²) in [4.78, 5) is 10.1. The topological polar surface area (TPSA) is 17.1 Å². The van der Waals surface area contributed by atoms with E-state index in [0.29, 0.717) is 12.1 Å². The van der Waals surface area contributed by atoms with E-state index >= 15 is 0 Å². The van der Waals surface area contributed by atoms with Crippen LogP contribution in [0.3, 0.4) is 0 Å². The van der Waals surface area contributed by atoms with Crippen molar-refractivity contribution in [1.82, 2.24) is 0 Å². The van der Waals surface area contributed by atoms with Crippen LogP contribution in [0.4, 0.5) is 26.3 Å². The van der Waals surface area contributed by atoms with Gasteiger partial charge >= 0.3 is 12.4 Å². The first-order chi connectivity index (χ1) is 8.50. The number of carbonyl (C=O) groups excluding carboxylic acids is 1. The van der Waals surface area contributed by atoms with Gasteiger partial charge in [-0.2, -0.15) is 26.3 Å². The molecule has 0 aliphatic heterocycles. The van der Waals surface area contributed by atoms with Crippen molar-refractivity contribution in [3.05, 3.63) is 29.3 Å². The van der Waals surface area contributed by atoms with Crippen molar-refractivity contribution in [3.8, 4) is 0 Å². The van der Waals surface area contributed by atoms with Gasteiger partial charge < -0.3 is 0 Å². The number of rotatable bonds is 3. The van der Waals surface area contributed by atoms with Crippen LogP contribution in [0.25, 0.3) is 0 Å². The molecule has 0 aromatic heterocycles. The van der Waals surface area contributed by atoms with Gasteiger partial charge in [-0.3, -0.25) is 4.79 Å². The van der Waals surface area contributed by atoms with E-state index in [9.17, 15) is 31.1 Å². The molecule has 0 saturated carbocycles. The van der Waals surface area contributed by atoms with Gasteiger partial charge in [0, 0.05) is 10.5 Å². The molecule has 0 saturated heterocycles. The van der Waals surface area contributed by atoms with Gasteiger partial charge in [0.15, 0.2) is 0 Å². The van der Waals surface area contributed by atoms with Crippen LogP contribution in [0, 0.1) is 0 Å². The Morgan fingerprint density at radius 3 is 2.16 bits per heavy atom. The Morgan fingerprint density at radius 1 is 1.16 bits per heavy atom. The summed E-state index contributed by atoms with van der Waals surface area (Å²) in [6, 6.07) is 2.05. The Balaban J connectivity index is 3.15. The smallest absolute Gasteiger partial charge is 0.276 e. The second-order valence-corrected chi connectivity index (χ2v) is 4.75. The summed E-state index contributed by atoms with van der Waals surface area (Å²) >= 11 is 5.04. The molecule has 0 bridgehead atoms. The van der Waals surface area contributed by atoms with E-state index in [1.165, 1.54) is 0 Å². The summed E-state index contributed by atoms with van der Waals surface area (Å²) in [5, 5.41) is -1.04. The Hall–Kier alpha value is -0.890. The van der Waals surface area contributed by atoms with E-state index in [-0.39, 0.29) is 17.3 Å². The zero-order valence-corrected chi connectivity index (χ0v) is 10.5. The van der Waals surface area contributed by atoms with Crippen LogP contribution >= 0.6 is 23.4 Å². The lowest BCUT2D eigenvalue weighted by molar-refractivity contribution is -0.139. The molecule has 1 nitrogen and oxygen atoms in total. The average molecular weight is 323 g/mol. The molecule has 0 aliphatic carbocycles. The molecule has 9 heteroatoms. The minimum atomic E-state index is -4.80. The molecule has 0 amide bonds. The highest BCUT2D eigenvalue weighted by Gasteiger charge is 2.35. The number of hydrogen-bond acceptors (Lipinski definition) is 2. The summed E-state index contributed by atoms with van der Waals surface area (Å²) in [5.41, 5.74) is -1.53. The number of carbonyl (C=O) groups is 1. The first-order valence-corrected chi connectivity index (χ1v) is 5.97. The average Bonchev–Trinajstić information content (AvgIpc) is 2.23. The summed E-state index contributed by atoms with van der Waals surface area (Å²) in [6.07, 6.45) is -9.42. The van der Waals surface area contributed by atoms with Crippen LogP contribution < -0.4 is 0 Å². The molecule has 0 aliphatic rings. The lowest BCUT2D eigenvalue weighted by Crippen LogP contribution is -2.13. The van der Waals surface area contributed by atoms with Crippen molar-refractivity contribution in [2.24, 2.45) is 0 Å². The van der Waals surface area contributed by atoms with Crippen LogP contribution in [-0.2, 0) is 6.18 Å². The molecule has 19 heavy (non-hydrogen) atoms. The number of hydrogen-bond donors (Lipinski definition) is 0. The Kier molecular flexibility index (Phi) is 4.78. The Morgan fingerprint density at radius 2 is 1.74 bits per heavy atom. The molecular formula is C10H5ClF6OS. The summed E-state index contributed by atoms with van der Waals surface area (Å²) < 4.78 is 73.9. The van der Waals surface area contributed by atoms with Crippen molar-refractivity contribution in [2.75, 3.05) is 5.75 Å². The molecule has 0 fully saturated rings. The Bertz CT molecular complexity index is 482. The van der Waals surface area contributed by atoms with E-state index in [0.717, 1.165) is 6.07 Å². The van der Waals surface area contributed by atoms with Crippen molar-refractivity contribution in [2.45, 2.75) is 17.2 Å². The second kappa shape index (κ2) is 5.62. The highest BCUT2D eigenvalue weighted by molar-refractivity contribution is 7.99. The van der Waals surface area contributed by atoms with Gasteiger partial charge in [0.2, 0.25) is 0 Å². The number of benzene rings is 1. The summed E-state index contributed by atoms with van der Waals surface area (Å²) in [5.74, 6) is -1.49. The maximum absolute atomic E-state index is 12.6. The van der Waals surface area contributed by atoms with Crippen molar-refractivity contribution >= 4 is 28.6 Å². The van der Waals surface area contributed by atoms with Gasteiger partial charge in [-0.1, -0.05) is 0 Å². The van der Waals surface area contributed by atoms with Crippen molar-refractivity contribution in [1.29, 1.82) is 0 Å². The van der Waals surface area contributed by atoms with E-state index in [4.69, 9.17) is 11.6 Å². The van der Waals surface area contributed by atoms with Crippen LogP contribution in [0.5, 0.6) is 0 Å². The van der Waals surface area contributed by atoms with Crippen LogP contribution in [0.2, 0.25) is 0 Å². The molecule has 0 heterocycles. The standard InChI is InChI=1S/C10H5ClF6OS/c11-8(18)5-1-2-6(10(15,16)17)7(3-5)19-4-9(12,13)14/h1-3H,4H2. The minimum Gasteiger partial charge on any atom is -0.276 e. The third kappa shape index (κ3) is 4.94. The van der Waals surface area contributed by atoms with Gasteiger partial charge in [-0.15, -0.1) is 11.8 Å². The summed E-state index contributed by atoms with van der Waals surface area (Å²) in [6.45, 7) is 0. The second-order valence-electron chi connectivity index (χ2n) is 3.39. The monoisotopic (exact) mass is 322 g/mol. The lowest BCUT2D eigenvalue weighted by Gasteiger charge is -2.14. The lowest BCUT2D eigenvalue weighted by atomic mass is 10.1. The van der Waals surface area contributed by atoms with Gasteiger partial charge in [0.1, 0.15) is 0 Å². The molecular weight excluding hydrogens is 318 g/mol. The van der Waals surface area contributed by atoms with Gasteiger partial charge in [0.05, 0.1) is 11.3 Å². The van der Waals surface area contributed by atoms with Crippen molar-refractivity contribution < 1.29 is 31.1 Å². The first kappa shape index (κ1) is 16.2. The molecule has 0 spiro atoms. The van der Waals surface area contributed by atoms with E-state index in [1.807, 2.05) is 0 Å². The van der Waals surface area contributed by atoms with Gasteiger partial charge in [-0.25, -0.2) is 0 Å². The molecule has 1 rings (SSSR count). The van der Waals surface area contributed by atoms with E-state index < -0.39 is 33.8 Å². The largest absolute Gasteiger partial charge is 0.417 e. The fourth-order valence-corrected chi connectivity index (χ4v) is 2.14. The fraction of sp³-hybridized carbons (Fsp3) is 0.300. The number of alkyl halides is 6. The van der Waals surface area contributed by atoms with Gasteiger partial charge in [-0.05, 0) is 29.8 Å². The first-order valence-electron chi connectivity index (χ1n) is 4.61. The molecule has 106 valence electrons. The van der Waals surface area contributed by atoms with Crippen LogP contribution in [0.1, 0.15) is 15.9 Å². The number of thioether (sulfide) groups is 1. The van der Waals surface area contributed by atoms with Crippen molar-refractivity contribution in [3.63, 3.8) is 0 Å². The minimum absolute atomic E-state index is 0.0434. The van der Waals surface area contributed by atoms with E-state index in [2.05, 4.69) is 0 Å². The third-order valence-electron chi connectivity index (χ3n) is 1.91. The van der Waals surface area contributed by atoms with Crippen LogP contribution in [0.15, 0.2) is 23.1 Å². The van der Waals surface area contributed by atoms with Crippen LogP contribution in [-0.4, -0.2) is 17.2 Å². The maximum Gasteiger partial charge on any atom is 0.417 e. The molecule has 1 aromatic carbocycles. The highest BCUT2D eigenvalue weighted by Crippen LogP contribution is 2.39. The van der Waals surface area contributed by atoms with E-state index in [1.54, 1.807) is 0 Å². The zero-order valence-electron chi connectivity index (χ0n) is 8.90. The molecule has 0 unspecified atom stereocenters. The fourth-order valence-electron chi connectivity index (χ4n) is 1.16. The summed E-state index contributed by atoms with van der Waals surface area (Å²) in [7, 11) is 0. The highest BCUT2D eigenvalue weighted by atomic mass is 35.5. The molecule has 1 aromatic rings. The predicted molar refractivity (Wildman–Crippen MR) is 58.4 cm³/mol. The van der Waals surface area contributed by atoms with Gasteiger partial charge in [0.25, 0.3) is 5.24 Å². The molecule has 0 N–H and O–H groups in total. The zero-order chi connectivity index (χ0) is 14.8. The third-order valence-corrected chi connectivity index (χ3v) is 3.24. The normalized spacial score (nSPS) is 12.6. The Labute approximate surface area is 112 Å². The number of halogens is 7. The molecule has 0 radical (unpaired) electrons. The quantitative estimate of drug-likeness (QED) is 0.454. The molecule has 0 atom stereocenters. The predicted octanol–water partition coefficient (Wildman–Crippen LogP) is 4.74.